The minimum absolute atomic E-state index is 0.0494. The number of hydrogen-bond donors (Lipinski definition) is 1. The number of rotatable bonds is 3. The normalized spacial score (nSPS) is 18.9. The number of hydrogen-bond acceptors (Lipinski definition) is 3. The van der Waals surface area contributed by atoms with Gasteiger partial charge in [-0.2, -0.15) is 0 Å². The minimum Gasteiger partial charge on any atom is -0.484 e. The molecular weight excluding hydrogens is 226 g/mol. The first-order valence-electron chi connectivity index (χ1n) is 5.47. The Morgan fingerprint density at radius 3 is 3.12 bits per heavy atom. The fraction of sp³-hybridized carbons (Fsp3) is 0.500. The molecule has 0 saturated heterocycles. The highest BCUT2D eigenvalue weighted by Gasteiger charge is 2.19. The second-order valence-corrected chi connectivity index (χ2v) is 4.58. The van der Waals surface area contributed by atoms with Crippen molar-refractivity contribution in [2.75, 3.05) is 18.5 Å². The van der Waals surface area contributed by atoms with Gasteiger partial charge in [0.15, 0.2) is 0 Å². The number of fused-ring (bicyclic) bond motifs is 1. The molecule has 88 valence electrons. The van der Waals surface area contributed by atoms with Crippen LogP contribution in [-0.4, -0.2) is 25.4 Å². The maximum absolute atomic E-state index is 5.91. The average Bonchev–Trinajstić information content (AvgIpc) is 2.25. The molecule has 1 aromatic carbocycles. The van der Waals surface area contributed by atoms with Crippen LogP contribution in [0.1, 0.15) is 13.8 Å². The summed E-state index contributed by atoms with van der Waals surface area (Å²) >= 11 is 5.91. The smallest absolute Gasteiger partial charge is 0.144 e. The van der Waals surface area contributed by atoms with E-state index < -0.39 is 0 Å². The predicted octanol–water partition coefficient (Wildman–Crippen LogP) is 2.94. The SMILES string of the molecule is CC(C)OCC1CNc2ccc(Cl)cc2O1. The van der Waals surface area contributed by atoms with E-state index in [9.17, 15) is 0 Å². The molecule has 1 heterocycles. The van der Waals surface area contributed by atoms with Gasteiger partial charge in [-0.15, -0.1) is 0 Å². The Hall–Kier alpha value is -0.930. The molecule has 2 rings (SSSR count). The molecular formula is C12H16ClNO2. The molecule has 1 N–H and O–H groups in total. The van der Waals surface area contributed by atoms with Gasteiger partial charge in [0.05, 0.1) is 24.9 Å². The predicted molar refractivity (Wildman–Crippen MR) is 65.4 cm³/mol. The highest BCUT2D eigenvalue weighted by molar-refractivity contribution is 6.30. The lowest BCUT2D eigenvalue weighted by Gasteiger charge is -2.27. The summed E-state index contributed by atoms with van der Waals surface area (Å²) in [5, 5.41) is 3.99. The first-order valence-corrected chi connectivity index (χ1v) is 5.84. The third-order valence-corrected chi connectivity index (χ3v) is 2.61. The van der Waals surface area contributed by atoms with E-state index in [0.29, 0.717) is 11.6 Å². The van der Waals surface area contributed by atoms with E-state index in [4.69, 9.17) is 21.1 Å². The lowest BCUT2D eigenvalue weighted by molar-refractivity contribution is 0.0190. The molecule has 0 aliphatic carbocycles. The Bertz CT molecular complexity index is 368. The molecule has 3 nitrogen and oxygen atoms in total. The number of anilines is 1. The van der Waals surface area contributed by atoms with Crippen LogP contribution in [0.4, 0.5) is 5.69 Å². The fourth-order valence-corrected chi connectivity index (χ4v) is 1.74. The van der Waals surface area contributed by atoms with Crippen LogP contribution in [0.3, 0.4) is 0 Å². The van der Waals surface area contributed by atoms with Crippen molar-refractivity contribution in [2.24, 2.45) is 0 Å². The Morgan fingerprint density at radius 1 is 1.56 bits per heavy atom. The van der Waals surface area contributed by atoms with Crippen LogP contribution >= 0.6 is 11.6 Å². The van der Waals surface area contributed by atoms with Crippen molar-refractivity contribution in [1.29, 1.82) is 0 Å². The third kappa shape index (κ3) is 2.80. The van der Waals surface area contributed by atoms with Crippen LogP contribution in [0.15, 0.2) is 18.2 Å². The quantitative estimate of drug-likeness (QED) is 0.883. The number of halogens is 1. The van der Waals surface area contributed by atoms with Gasteiger partial charge < -0.3 is 14.8 Å². The summed E-state index contributed by atoms with van der Waals surface area (Å²) in [6.07, 6.45) is 0.276. The molecule has 0 aromatic heterocycles. The van der Waals surface area contributed by atoms with Crippen LogP contribution in [0.25, 0.3) is 0 Å². The molecule has 1 aliphatic rings. The van der Waals surface area contributed by atoms with Crippen LogP contribution in [-0.2, 0) is 4.74 Å². The standard InChI is InChI=1S/C12H16ClNO2/c1-8(2)15-7-10-6-14-11-4-3-9(13)5-12(11)16-10/h3-5,8,10,14H,6-7H2,1-2H3. The Labute approximate surface area is 101 Å². The van der Waals surface area contributed by atoms with Crippen LogP contribution in [0.2, 0.25) is 5.02 Å². The minimum atomic E-state index is 0.0494. The second kappa shape index (κ2) is 4.93. The first kappa shape index (κ1) is 11.6. The van der Waals surface area contributed by atoms with E-state index in [-0.39, 0.29) is 12.2 Å². The van der Waals surface area contributed by atoms with Crippen molar-refractivity contribution >= 4 is 17.3 Å². The molecule has 0 saturated carbocycles. The summed E-state index contributed by atoms with van der Waals surface area (Å²) in [4.78, 5) is 0. The number of ether oxygens (including phenoxy) is 2. The zero-order valence-corrected chi connectivity index (χ0v) is 10.3. The Kier molecular flexibility index (Phi) is 3.56. The van der Waals surface area contributed by atoms with E-state index in [1.54, 1.807) is 0 Å². The fourth-order valence-electron chi connectivity index (χ4n) is 1.58. The molecule has 1 unspecified atom stereocenters. The zero-order chi connectivity index (χ0) is 11.5. The summed E-state index contributed by atoms with van der Waals surface area (Å²) < 4.78 is 11.3. The van der Waals surface area contributed by atoms with E-state index >= 15 is 0 Å². The summed E-state index contributed by atoms with van der Waals surface area (Å²) in [6, 6.07) is 5.60. The van der Waals surface area contributed by atoms with Gasteiger partial charge in [0.2, 0.25) is 0 Å². The summed E-state index contributed by atoms with van der Waals surface area (Å²) in [5.74, 6) is 0.802. The lowest BCUT2D eigenvalue weighted by atomic mass is 10.2. The summed E-state index contributed by atoms with van der Waals surface area (Å²) in [7, 11) is 0. The van der Waals surface area contributed by atoms with Crippen molar-refractivity contribution in [3.8, 4) is 5.75 Å². The van der Waals surface area contributed by atoms with Crippen molar-refractivity contribution in [3.05, 3.63) is 23.2 Å². The Balaban J connectivity index is 1.99. The molecule has 1 atom stereocenters. The first-order chi connectivity index (χ1) is 7.65. The third-order valence-electron chi connectivity index (χ3n) is 2.37. The zero-order valence-electron chi connectivity index (χ0n) is 9.50. The molecule has 0 spiro atoms. The summed E-state index contributed by atoms with van der Waals surface area (Å²) in [6.45, 7) is 5.39. The highest BCUT2D eigenvalue weighted by atomic mass is 35.5. The summed E-state index contributed by atoms with van der Waals surface area (Å²) in [5.41, 5.74) is 0.991. The van der Waals surface area contributed by atoms with Gasteiger partial charge in [0.1, 0.15) is 11.9 Å². The lowest BCUT2D eigenvalue weighted by Crippen LogP contribution is -2.35. The van der Waals surface area contributed by atoms with Gasteiger partial charge >= 0.3 is 0 Å². The van der Waals surface area contributed by atoms with Crippen LogP contribution < -0.4 is 10.1 Å². The van der Waals surface area contributed by atoms with Crippen molar-refractivity contribution < 1.29 is 9.47 Å². The highest BCUT2D eigenvalue weighted by Crippen LogP contribution is 2.31. The van der Waals surface area contributed by atoms with Gasteiger partial charge in [-0.3, -0.25) is 0 Å². The maximum Gasteiger partial charge on any atom is 0.144 e. The van der Waals surface area contributed by atoms with Gasteiger partial charge in [-0.25, -0.2) is 0 Å². The molecule has 0 amide bonds. The van der Waals surface area contributed by atoms with Crippen molar-refractivity contribution in [3.63, 3.8) is 0 Å². The topological polar surface area (TPSA) is 30.5 Å². The van der Waals surface area contributed by atoms with E-state index in [1.165, 1.54) is 0 Å². The van der Waals surface area contributed by atoms with Crippen molar-refractivity contribution in [1.82, 2.24) is 0 Å². The van der Waals surface area contributed by atoms with E-state index in [2.05, 4.69) is 5.32 Å². The molecule has 1 aromatic rings. The largest absolute Gasteiger partial charge is 0.484 e. The van der Waals surface area contributed by atoms with Gasteiger partial charge in [-0.1, -0.05) is 11.6 Å². The van der Waals surface area contributed by atoms with Crippen LogP contribution in [0, 0.1) is 0 Å². The maximum atomic E-state index is 5.91. The molecule has 0 radical (unpaired) electrons. The average molecular weight is 242 g/mol. The van der Waals surface area contributed by atoms with Crippen molar-refractivity contribution in [2.45, 2.75) is 26.1 Å². The number of nitrogens with one attached hydrogen (secondary N) is 1. The molecule has 16 heavy (non-hydrogen) atoms. The van der Waals surface area contributed by atoms with E-state index in [1.807, 2.05) is 32.0 Å². The van der Waals surface area contributed by atoms with Crippen LogP contribution in [0.5, 0.6) is 5.75 Å². The molecule has 0 fully saturated rings. The second-order valence-electron chi connectivity index (χ2n) is 4.14. The van der Waals surface area contributed by atoms with Gasteiger partial charge in [-0.05, 0) is 26.0 Å². The van der Waals surface area contributed by atoms with Gasteiger partial charge in [0, 0.05) is 11.1 Å². The Morgan fingerprint density at radius 2 is 2.38 bits per heavy atom. The molecule has 4 heteroatoms. The molecule has 1 aliphatic heterocycles. The monoisotopic (exact) mass is 241 g/mol. The van der Waals surface area contributed by atoms with E-state index in [0.717, 1.165) is 18.0 Å². The molecule has 0 bridgehead atoms. The van der Waals surface area contributed by atoms with Gasteiger partial charge in [0.25, 0.3) is 0 Å². The number of benzene rings is 1.